The molecule has 0 aliphatic carbocycles. The van der Waals surface area contributed by atoms with Crippen LogP contribution in [0.5, 0.6) is 0 Å². The van der Waals surface area contributed by atoms with Crippen LogP contribution < -0.4 is 10.6 Å². The highest BCUT2D eigenvalue weighted by molar-refractivity contribution is 7.14. The first-order chi connectivity index (χ1) is 12.1. The van der Waals surface area contributed by atoms with Crippen LogP contribution in [0.15, 0.2) is 53.2 Å². The number of hydrogen-bond donors (Lipinski definition) is 2. The fourth-order valence-electron chi connectivity index (χ4n) is 2.30. The molecule has 2 aromatic heterocycles. The van der Waals surface area contributed by atoms with Crippen LogP contribution in [0.1, 0.15) is 20.9 Å². The molecule has 5 nitrogen and oxygen atoms in total. The lowest BCUT2D eigenvalue weighted by atomic mass is 10.1. The maximum Gasteiger partial charge on any atom is 0.262 e. The van der Waals surface area contributed by atoms with E-state index >= 15 is 0 Å². The summed E-state index contributed by atoms with van der Waals surface area (Å²) in [5.41, 5.74) is 1.83. The van der Waals surface area contributed by atoms with Gasteiger partial charge in [-0.1, -0.05) is 36.4 Å². The molecule has 0 bridgehead atoms. The van der Waals surface area contributed by atoms with Gasteiger partial charge in [0.2, 0.25) is 5.91 Å². The minimum atomic E-state index is -0.679. The van der Waals surface area contributed by atoms with E-state index in [0.29, 0.717) is 16.4 Å². The van der Waals surface area contributed by atoms with Gasteiger partial charge in [0.1, 0.15) is 6.04 Å². The molecule has 3 aromatic rings. The number of aromatic nitrogens is 1. The highest BCUT2D eigenvalue weighted by Crippen LogP contribution is 2.16. The predicted octanol–water partition coefficient (Wildman–Crippen LogP) is 3.49. The van der Waals surface area contributed by atoms with E-state index in [1.54, 1.807) is 6.07 Å². The van der Waals surface area contributed by atoms with Gasteiger partial charge in [-0.2, -0.15) is 0 Å². The molecule has 2 heterocycles. The second kappa shape index (κ2) is 8.04. The number of amides is 2. The molecule has 0 saturated carbocycles. The van der Waals surface area contributed by atoms with Gasteiger partial charge in [-0.05, 0) is 23.9 Å². The molecule has 0 unspecified atom stereocenters. The van der Waals surface area contributed by atoms with E-state index in [4.69, 9.17) is 0 Å². The van der Waals surface area contributed by atoms with Crippen molar-refractivity contribution in [1.82, 2.24) is 10.3 Å². The first-order valence-corrected chi connectivity index (χ1v) is 9.49. The fourth-order valence-corrected chi connectivity index (χ4v) is 3.62. The fraction of sp³-hybridized carbons (Fsp3) is 0.167. The van der Waals surface area contributed by atoms with E-state index in [-0.39, 0.29) is 11.8 Å². The average molecular weight is 371 g/mol. The van der Waals surface area contributed by atoms with Crippen LogP contribution in [0.25, 0.3) is 0 Å². The van der Waals surface area contributed by atoms with Crippen LogP contribution >= 0.6 is 22.7 Å². The Labute approximate surface area is 153 Å². The van der Waals surface area contributed by atoms with Crippen molar-refractivity contribution in [2.75, 3.05) is 5.32 Å². The quantitative estimate of drug-likeness (QED) is 0.697. The van der Waals surface area contributed by atoms with Gasteiger partial charge < -0.3 is 10.6 Å². The number of rotatable bonds is 6. The first kappa shape index (κ1) is 17.3. The Morgan fingerprint density at radius 1 is 1.12 bits per heavy atom. The zero-order valence-electron chi connectivity index (χ0n) is 13.6. The minimum absolute atomic E-state index is 0.249. The maximum absolute atomic E-state index is 12.7. The molecule has 1 aromatic carbocycles. The van der Waals surface area contributed by atoms with Gasteiger partial charge in [0.15, 0.2) is 5.13 Å². The minimum Gasteiger partial charge on any atom is -0.339 e. The lowest BCUT2D eigenvalue weighted by Crippen LogP contribution is -2.45. The van der Waals surface area contributed by atoms with Crippen LogP contribution in [0.3, 0.4) is 0 Å². The number of nitrogens with one attached hydrogen (secondary N) is 2. The number of thiazole rings is 1. The van der Waals surface area contributed by atoms with E-state index in [9.17, 15) is 9.59 Å². The third-order valence-corrected chi connectivity index (χ3v) is 5.24. The SMILES string of the molecule is Cc1csc(NC(=O)[C@H](Cc2ccccc2)NC(=O)c2cccs2)n1. The number of thiophene rings is 1. The number of benzene rings is 1. The van der Waals surface area contributed by atoms with Crippen molar-refractivity contribution in [3.8, 4) is 0 Å². The molecule has 0 radical (unpaired) electrons. The summed E-state index contributed by atoms with van der Waals surface area (Å²) in [6, 6.07) is 12.5. The highest BCUT2D eigenvalue weighted by Gasteiger charge is 2.23. The van der Waals surface area contributed by atoms with Crippen LogP contribution in [-0.4, -0.2) is 22.8 Å². The third-order valence-electron chi connectivity index (χ3n) is 3.50. The summed E-state index contributed by atoms with van der Waals surface area (Å²) in [7, 11) is 0. The standard InChI is InChI=1S/C18H17N3O2S2/c1-12-11-25-18(19-12)21-16(22)14(10-13-6-3-2-4-7-13)20-17(23)15-8-5-9-24-15/h2-9,11,14H,10H2,1H3,(H,20,23)(H,19,21,22)/t14-/m0/s1. The topological polar surface area (TPSA) is 71.1 Å². The molecule has 2 N–H and O–H groups in total. The number of carbonyl (C=O) groups excluding carboxylic acids is 2. The molecule has 2 amide bonds. The molecule has 7 heteroatoms. The summed E-state index contributed by atoms with van der Waals surface area (Å²) >= 11 is 2.71. The van der Waals surface area contributed by atoms with E-state index < -0.39 is 6.04 Å². The van der Waals surface area contributed by atoms with Crippen molar-refractivity contribution < 1.29 is 9.59 Å². The third kappa shape index (κ3) is 4.74. The van der Waals surface area contributed by atoms with Gasteiger partial charge in [-0.3, -0.25) is 9.59 Å². The Kier molecular flexibility index (Phi) is 5.57. The van der Waals surface area contributed by atoms with Gasteiger partial charge in [-0.15, -0.1) is 22.7 Å². The Balaban J connectivity index is 1.75. The normalized spacial score (nSPS) is 11.7. The molecule has 1 atom stereocenters. The van der Waals surface area contributed by atoms with Gasteiger partial charge in [-0.25, -0.2) is 4.98 Å². The van der Waals surface area contributed by atoms with E-state index in [0.717, 1.165) is 11.3 Å². The van der Waals surface area contributed by atoms with Gasteiger partial charge in [0.05, 0.1) is 10.6 Å². The summed E-state index contributed by atoms with van der Waals surface area (Å²) in [6.45, 7) is 1.87. The molecule has 128 valence electrons. The second-order valence-electron chi connectivity index (χ2n) is 5.48. The van der Waals surface area contributed by atoms with Crippen molar-refractivity contribution in [1.29, 1.82) is 0 Å². The van der Waals surface area contributed by atoms with Crippen LogP contribution in [-0.2, 0) is 11.2 Å². The van der Waals surface area contributed by atoms with E-state index in [2.05, 4.69) is 15.6 Å². The highest BCUT2D eigenvalue weighted by atomic mass is 32.1. The molecule has 0 spiro atoms. The summed E-state index contributed by atoms with van der Waals surface area (Å²) in [4.78, 5) is 29.9. The summed E-state index contributed by atoms with van der Waals surface area (Å²) in [5, 5.41) is 9.86. The number of anilines is 1. The number of hydrogen-bond acceptors (Lipinski definition) is 5. The van der Waals surface area contributed by atoms with Crippen LogP contribution in [0.2, 0.25) is 0 Å². The van der Waals surface area contributed by atoms with E-state index in [1.165, 1.54) is 22.7 Å². The maximum atomic E-state index is 12.7. The first-order valence-electron chi connectivity index (χ1n) is 7.73. The monoisotopic (exact) mass is 371 g/mol. The molecule has 0 fully saturated rings. The molecular formula is C18H17N3O2S2. The predicted molar refractivity (Wildman–Crippen MR) is 101 cm³/mol. The smallest absolute Gasteiger partial charge is 0.262 e. The summed E-state index contributed by atoms with van der Waals surface area (Å²) in [5.74, 6) is -0.524. The Bertz CT molecular complexity index is 844. The molecule has 0 saturated heterocycles. The van der Waals surface area contributed by atoms with Gasteiger partial charge in [0.25, 0.3) is 5.91 Å². The van der Waals surface area contributed by atoms with Gasteiger partial charge >= 0.3 is 0 Å². The van der Waals surface area contributed by atoms with Crippen molar-refractivity contribution in [2.24, 2.45) is 0 Å². The van der Waals surface area contributed by atoms with Crippen molar-refractivity contribution in [2.45, 2.75) is 19.4 Å². The van der Waals surface area contributed by atoms with Crippen molar-refractivity contribution >= 4 is 39.6 Å². The zero-order valence-corrected chi connectivity index (χ0v) is 15.2. The Hall–Kier alpha value is -2.51. The Morgan fingerprint density at radius 2 is 1.92 bits per heavy atom. The summed E-state index contributed by atoms with van der Waals surface area (Å²) < 4.78 is 0. The molecule has 3 rings (SSSR count). The van der Waals surface area contributed by atoms with Crippen molar-refractivity contribution in [3.05, 3.63) is 69.4 Å². The number of carbonyl (C=O) groups is 2. The number of aryl methyl sites for hydroxylation is 1. The largest absolute Gasteiger partial charge is 0.339 e. The summed E-state index contributed by atoms with van der Waals surface area (Å²) in [6.07, 6.45) is 0.411. The Morgan fingerprint density at radius 3 is 2.56 bits per heavy atom. The lowest BCUT2D eigenvalue weighted by molar-refractivity contribution is -0.118. The second-order valence-corrected chi connectivity index (χ2v) is 7.28. The molecule has 0 aliphatic heterocycles. The zero-order chi connectivity index (χ0) is 17.6. The van der Waals surface area contributed by atoms with Crippen molar-refractivity contribution in [3.63, 3.8) is 0 Å². The van der Waals surface area contributed by atoms with E-state index in [1.807, 2.05) is 54.1 Å². The van der Waals surface area contributed by atoms with Gasteiger partial charge in [0, 0.05) is 11.8 Å². The molecule has 0 aliphatic rings. The average Bonchev–Trinajstić information content (AvgIpc) is 3.27. The van der Waals surface area contributed by atoms with Crippen LogP contribution in [0, 0.1) is 6.92 Å². The lowest BCUT2D eigenvalue weighted by Gasteiger charge is -2.17. The molecule has 25 heavy (non-hydrogen) atoms. The van der Waals surface area contributed by atoms with Crippen LogP contribution in [0.4, 0.5) is 5.13 Å². The molecular weight excluding hydrogens is 354 g/mol. The number of nitrogens with zero attached hydrogens (tertiary/aromatic N) is 1.